The fourth-order valence-corrected chi connectivity index (χ4v) is 1.81. The molecule has 78 valence electrons. The van der Waals surface area contributed by atoms with Gasteiger partial charge in [-0.15, -0.1) is 0 Å². The number of hydrogen-bond donors (Lipinski definition) is 0. The van der Waals surface area contributed by atoms with Crippen LogP contribution in [0.15, 0.2) is 42.5 Å². The Kier molecular flexibility index (Phi) is 3.21. The van der Waals surface area contributed by atoms with Crippen LogP contribution in [0.5, 0.6) is 5.75 Å². The Labute approximate surface area is 101 Å². The minimum atomic E-state index is 0.683. The minimum absolute atomic E-state index is 0.683. The van der Waals surface area contributed by atoms with Crippen LogP contribution in [-0.2, 0) is 0 Å². The molecule has 0 aliphatic rings. The van der Waals surface area contributed by atoms with Gasteiger partial charge in [0, 0.05) is 5.02 Å². The summed E-state index contributed by atoms with van der Waals surface area (Å²) in [7, 11) is 7.56. The summed E-state index contributed by atoms with van der Waals surface area (Å²) in [4.78, 5) is 0. The Balaban J connectivity index is 2.59. The van der Waals surface area contributed by atoms with Crippen molar-refractivity contribution in [2.75, 3.05) is 7.11 Å². The molecule has 0 fully saturated rings. The van der Waals surface area contributed by atoms with Crippen molar-refractivity contribution in [2.24, 2.45) is 0 Å². The van der Waals surface area contributed by atoms with Crippen LogP contribution in [-0.4, -0.2) is 15.0 Å². The standard InChI is InChI=1S/C13H10BClO/c1-16-9-6-7-12(14)11(8-9)10-4-2-3-5-13(10)15/h2-8H,1H3. The first kappa shape index (κ1) is 11.1. The average Bonchev–Trinajstić information content (AvgIpc) is 2.31. The third kappa shape index (κ3) is 2.07. The summed E-state index contributed by atoms with van der Waals surface area (Å²) < 4.78 is 5.17. The second kappa shape index (κ2) is 4.62. The predicted molar refractivity (Wildman–Crippen MR) is 68.8 cm³/mol. The lowest BCUT2D eigenvalue weighted by atomic mass is 9.87. The van der Waals surface area contributed by atoms with E-state index < -0.39 is 0 Å². The van der Waals surface area contributed by atoms with Crippen molar-refractivity contribution in [2.45, 2.75) is 0 Å². The van der Waals surface area contributed by atoms with Crippen molar-refractivity contribution >= 4 is 24.9 Å². The van der Waals surface area contributed by atoms with Crippen molar-refractivity contribution in [3.63, 3.8) is 0 Å². The van der Waals surface area contributed by atoms with Crippen LogP contribution >= 0.6 is 11.6 Å². The fraction of sp³-hybridized carbons (Fsp3) is 0.0769. The van der Waals surface area contributed by atoms with Crippen LogP contribution in [0.2, 0.25) is 5.02 Å². The lowest BCUT2D eigenvalue weighted by Crippen LogP contribution is -2.06. The summed E-state index contributed by atoms with van der Waals surface area (Å²) in [5, 5.41) is 0.683. The lowest BCUT2D eigenvalue weighted by molar-refractivity contribution is 0.415. The largest absolute Gasteiger partial charge is 0.497 e. The quantitative estimate of drug-likeness (QED) is 0.718. The van der Waals surface area contributed by atoms with E-state index in [4.69, 9.17) is 24.2 Å². The molecule has 0 N–H and O–H groups in total. The Hall–Kier alpha value is -1.41. The molecule has 1 nitrogen and oxygen atoms in total. The lowest BCUT2D eigenvalue weighted by Gasteiger charge is -2.10. The van der Waals surface area contributed by atoms with Crippen molar-refractivity contribution < 1.29 is 4.74 Å². The van der Waals surface area contributed by atoms with Crippen molar-refractivity contribution in [3.8, 4) is 16.9 Å². The van der Waals surface area contributed by atoms with Crippen molar-refractivity contribution in [1.29, 1.82) is 0 Å². The molecule has 0 amide bonds. The number of halogens is 1. The Morgan fingerprint density at radius 3 is 2.50 bits per heavy atom. The highest BCUT2D eigenvalue weighted by Gasteiger charge is 2.06. The molecule has 0 aliphatic heterocycles. The molecule has 0 spiro atoms. The molecule has 2 aromatic carbocycles. The molecule has 0 heterocycles. The third-order valence-electron chi connectivity index (χ3n) is 2.42. The van der Waals surface area contributed by atoms with Gasteiger partial charge in [-0.25, -0.2) is 0 Å². The highest BCUT2D eigenvalue weighted by Crippen LogP contribution is 2.28. The van der Waals surface area contributed by atoms with Crippen LogP contribution in [0.1, 0.15) is 0 Å². The average molecular weight is 228 g/mol. The molecule has 2 aromatic rings. The number of methoxy groups -OCH3 is 1. The van der Waals surface area contributed by atoms with E-state index in [9.17, 15) is 0 Å². The van der Waals surface area contributed by atoms with Gasteiger partial charge in [-0.2, -0.15) is 0 Å². The molecule has 0 aromatic heterocycles. The maximum absolute atomic E-state index is 6.13. The van der Waals surface area contributed by atoms with Crippen molar-refractivity contribution in [1.82, 2.24) is 0 Å². The van der Waals surface area contributed by atoms with Gasteiger partial charge < -0.3 is 4.74 Å². The molecule has 2 rings (SSSR count). The monoisotopic (exact) mass is 228 g/mol. The highest BCUT2D eigenvalue weighted by atomic mass is 35.5. The first-order valence-electron chi connectivity index (χ1n) is 4.91. The summed E-state index contributed by atoms with van der Waals surface area (Å²) in [5.74, 6) is 0.768. The predicted octanol–water partition coefficient (Wildman–Crippen LogP) is 2.81. The van der Waals surface area contributed by atoms with E-state index in [-0.39, 0.29) is 0 Å². The number of ether oxygens (including phenoxy) is 1. The van der Waals surface area contributed by atoms with Gasteiger partial charge in [-0.3, -0.25) is 0 Å². The topological polar surface area (TPSA) is 9.23 Å². The van der Waals surface area contributed by atoms with E-state index in [1.54, 1.807) is 7.11 Å². The molecule has 0 unspecified atom stereocenters. The number of benzene rings is 2. The Morgan fingerprint density at radius 2 is 1.81 bits per heavy atom. The van der Waals surface area contributed by atoms with Crippen LogP contribution in [0, 0.1) is 0 Å². The van der Waals surface area contributed by atoms with Gasteiger partial charge in [-0.1, -0.05) is 41.3 Å². The molecule has 2 radical (unpaired) electrons. The highest BCUT2D eigenvalue weighted by molar-refractivity contribution is 6.38. The second-order valence-electron chi connectivity index (χ2n) is 3.43. The third-order valence-corrected chi connectivity index (χ3v) is 2.75. The van der Waals surface area contributed by atoms with Gasteiger partial charge in [0.2, 0.25) is 0 Å². The Bertz CT molecular complexity index is 511. The second-order valence-corrected chi connectivity index (χ2v) is 3.84. The van der Waals surface area contributed by atoms with Gasteiger partial charge in [0.1, 0.15) is 13.6 Å². The molecule has 0 atom stereocenters. The van der Waals surface area contributed by atoms with E-state index in [0.29, 0.717) is 10.5 Å². The van der Waals surface area contributed by atoms with E-state index in [1.807, 2.05) is 42.5 Å². The number of hydrogen-bond acceptors (Lipinski definition) is 1. The molecule has 3 heteroatoms. The number of rotatable bonds is 2. The zero-order valence-electron chi connectivity index (χ0n) is 8.91. The van der Waals surface area contributed by atoms with Crippen LogP contribution in [0.4, 0.5) is 0 Å². The molecule has 0 bridgehead atoms. The summed E-state index contributed by atoms with van der Waals surface area (Å²) in [6, 6.07) is 13.1. The zero-order chi connectivity index (χ0) is 11.5. The summed E-state index contributed by atoms with van der Waals surface area (Å²) in [5.41, 5.74) is 2.50. The maximum atomic E-state index is 6.13. The van der Waals surface area contributed by atoms with Crippen LogP contribution in [0.3, 0.4) is 0 Å². The summed E-state index contributed by atoms with van der Waals surface area (Å²) >= 11 is 6.13. The molecule has 0 saturated heterocycles. The maximum Gasteiger partial charge on any atom is 0.119 e. The van der Waals surface area contributed by atoms with Gasteiger partial charge in [0.15, 0.2) is 0 Å². The molecule has 0 saturated carbocycles. The molecular weight excluding hydrogens is 218 g/mol. The van der Waals surface area contributed by atoms with E-state index in [0.717, 1.165) is 16.9 Å². The minimum Gasteiger partial charge on any atom is -0.497 e. The zero-order valence-corrected chi connectivity index (χ0v) is 9.66. The summed E-state index contributed by atoms with van der Waals surface area (Å²) in [6.45, 7) is 0. The van der Waals surface area contributed by atoms with Crippen LogP contribution < -0.4 is 10.2 Å². The van der Waals surface area contributed by atoms with Crippen LogP contribution in [0.25, 0.3) is 11.1 Å². The van der Waals surface area contributed by atoms with E-state index in [2.05, 4.69) is 0 Å². The summed E-state index contributed by atoms with van der Waals surface area (Å²) in [6.07, 6.45) is 0. The SMILES string of the molecule is [B]c1ccc(OC)cc1-c1ccccc1Cl. The Morgan fingerprint density at radius 1 is 1.06 bits per heavy atom. The first-order valence-corrected chi connectivity index (χ1v) is 5.28. The van der Waals surface area contributed by atoms with E-state index >= 15 is 0 Å². The first-order chi connectivity index (χ1) is 7.72. The van der Waals surface area contributed by atoms with Gasteiger partial charge in [0.05, 0.1) is 7.11 Å². The molecule has 0 aliphatic carbocycles. The normalized spacial score (nSPS) is 10.1. The smallest absolute Gasteiger partial charge is 0.119 e. The molecular formula is C13H10BClO. The fourth-order valence-electron chi connectivity index (χ4n) is 1.58. The van der Waals surface area contributed by atoms with Gasteiger partial charge >= 0.3 is 0 Å². The molecule has 16 heavy (non-hydrogen) atoms. The van der Waals surface area contributed by atoms with Gasteiger partial charge in [-0.05, 0) is 29.3 Å². The van der Waals surface area contributed by atoms with Gasteiger partial charge in [0.25, 0.3) is 0 Å². The van der Waals surface area contributed by atoms with Crippen molar-refractivity contribution in [3.05, 3.63) is 47.5 Å². The van der Waals surface area contributed by atoms with E-state index in [1.165, 1.54) is 0 Å².